The highest BCUT2D eigenvalue weighted by Crippen LogP contribution is 2.44. The van der Waals surface area contributed by atoms with E-state index in [2.05, 4.69) is 12.2 Å². The second kappa shape index (κ2) is 12.5. The van der Waals surface area contributed by atoms with Crippen LogP contribution in [0.25, 0.3) is 6.08 Å². The molecule has 40 heavy (non-hydrogen) atoms. The van der Waals surface area contributed by atoms with E-state index in [1.807, 2.05) is 65.6 Å². The van der Waals surface area contributed by atoms with Crippen LogP contribution < -0.4 is 14.8 Å². The minimum atomic E-state index is -0.452. The van der Waals surface area contributed by atoms with Gasteiger partial charge in [0.05, 0.1) is 28.6 Å². The Balaban J connectivity index is 1.48. The molecule has 0 bridgehead atoms. The molecule has 1 saturated carbocycles. The zero-order chi connectivity index (χ0) is 28.1. The molecule has 0 spiro atoms. The Labute approximate surface area is 238 Å². The van der Waals surface area contributed by atoms with Crippen LogP contribution in [0.5, 0.6) is 11.5 Å². The van der Waals surface area contributed by atoms with Crippen LogP contribution in [-0.4, -0.2) is 34.4 Å². The molecule has 208 valence electrons. The number of ether oxygens (including phenoxy) is 2. The average Bonchev–Trinajstić information content (AvgIpc) is 3.26. The molecule has 0 radical (unpaired) electrons. The van der Waals surface area contributed by atoms with Gasteiger partial charge in [0.1, 0.15) is 6.61 Å². The summed E-state index contributed by atoms with van der Waals surface area (Å²) in [4.78, 5) is 28.0. The van der Waals surface area contributed by atoms with Crippen molar-refractivity contribution in [2.45, 2.75) is 50.8 Å². The molecule has 1 saturated heterocycles. The minimum Gasteiger partial charge on any atom is -0.493 e. The topological polar surface area (TPSA) is 93.9 Å². The molecule has 2 aliphatic rings. The Morgan fingerprint density at radius 3 is 2.42 bits per heavy atom. The molecule has 1 amide bonds. The first-order valence-corrected chi connectivity index (χ1v) is 14.4. The van der Waals surface area contributed by atoms with E-state index in [1.165, 1.54) is 24.9 Å². The molecule has 0 aromatic heterocycles. The molecule has 1 N–H and O–H groups in total. The van der Waals surface area contributed by atoms with Gasteiger partial charge in [-0.15, -0.1) is 0 Å². The number of carbonyl (C=O) groups excluding carboxylic acids is 1. The standard InChI is InChI=1S/C31H33N3O5S/c1-21-11-9-10-16-25(21)33-30(35)29(40-31(33)32-24-14-7-4-8-15-24)18-23-17-27(38-2)28(19-26(23)34(36)37)39-20-22-12-5-3-6-13-22/h3-8,12-15,17-19,21,25,31-32H,9-11,16,20H2,1-2H3/b29-18-/t21-,25+,31?/m1/s1. The number of hydrogen-bond acceptors (Lipinski definition) is 7. The Bertz CT molecular complexity index is 1380. The number of hydrogen-bond donors (Lipinski definition) is 1. The molecule has 3 aromatic rings. The predicted octanol–water partition coefficient (Wildman–Crippen LogP) is 7.07. The summed E-state index contributed by atoms with van der Waals surface area (Å²) in [5.41, 5.74) is 1.67. The van der Waals surface area contributed by atoms with Gasteiger partial charge in [-0.25, -0.2) is 0 Å². The van der Waals surface area contributed by atoms with E-state index in [-0.39, 0.29) is 35.5 Å². The van der Waals surface area contributed by atoms with Crippen molar-refractivity contribution in [2.75, 3.05) is 12.4 Å². The largest absolute Gasteiger partial charge is 0.493 e. The van der Waals surface area contributed by atoms with Crippen LogP contribution in [0.15, 0.2) is 77.7 Å². The second-order valence-electron chi connectivity index (χ2n) is 10.1. The minimum absolute atomic E-state index is 0.0964. The number of amides is 1. The van der Waals surface area contributed by atoms with Gasteiger partial charge in [0.2, 0.25) is 0 Å². The van der Waals surface area contributed by atoms with Crippen LogP contribution in [-0.2, 0) is 11.4 Å². The van der Waals surface area contributed by atoms with Crippen LogP contribution in [0.2, 0.25) is 0 Å². The summed E-state index contributed by atoms with van der Waals surface area (Å²) in [6, 6.07) is 22.4. The quantitative estimate of drug-likeness (QED) is 0.170. The number of methoxy groups -OCH3 is 1. The maximum absolute atomic E-state index is 13.9. The molecule has 5 rings (SSSR count). The van der Waals surface area contributed by atoms with Gasteiger partial charge in [-0.05, 0) is 48.6 Å². The third-order valence-electron chi connectivity index (χ3n) is 7.46. The molecule has 9 heteroatoms. The van der Waals surface area contributed by atoms with Crippen LogP contribution >= 0.6 is 11.8 Å². The molecule has 3 atom stereocenters. The maximum Gasteiger partial charge on any atom is 0.280 e. The number of rotatable bonds is 9. The summed E-state index contributed by atoms with van der Waals surface area (Å²) in [6.07, 6.45) is 5.87. The van der Waals surface area contributed by atoms with Crippen molar-refractivity contribution >= 4 is 35.1 Å². The zero-order valence-electron chi connectivity index (χ0n) is 22.6. The molecule has 1 aliphatic heterocycles. The van der Waals surface area contributed by atoms with E-state index >= 15 is 0 Å². The normalized spacial score (nSPS) is 21.9. The third-order valence-corrected chi connectivity index (χ3v) is 8.57. The monoisotopic (exact) mass is 559 g/mol. The highest BCUT2D eigenvalue weighted by atomic mass is 32.2. The molecule has 2 fully saturated rings. The van der Waals surface area contributed by atoms with Crippen molar-refractivity contribution < 1.29 is 19.2 Å². The number of benzene rings is 3. The van der Waals surface area contributed by atoms with Crippen molar-refractivity contribution in [1.29, 1.82) is 0 Å². The Kier molecular flexibility index (Phi) is 8.60. The smallest absolute Gasteiger partial charge is 0.280 e. The van der Waals surface area contributed by atoms with Crippen molar-refractivity contribution in [1.82, 2.24) is 4.90 Å². The lowest BCUT2D eigenvalue weighted by Gasteiger charge is -2.39. The number of thioether (sulfide) groups is 1. The average molecular weight is 560 g/mol. The lowest BCUT2D eigenvalue weighted by molar-refractivity contribution is -0.385. The van der Waals surface area contributed by atoms with Gasteiger partial charge in [-0.3, -0.25) is 14.9 Å². The molecular weight excluding hydrogens is 526 g/mol. The first kappa shape index (κ1) is 27.6. The molecule has 1 aliphatic carbocycles. The third kappa shape index (κ3) is 6.09. The SMILES string of the molecule is COc1cc(/C=C2\SC(Nc3ccccc3)N([C@H]3CCCC[C@H]3C)C2=O)c([N+](=O)[O-])cc1OCc1ccccc1. The highest BCUT2D eigenvalue weighted by Gasteiger charge is 2.43. The first-order chi connectivity index (χ1) is 19.4. The summed E-state index contributed by atoms with van der Waals surface area (Å²) in [5.74, 6) is 0.885. The van der Waals surface area contributed by atoms with E-state index in [1.54, 1.807) is 12.1 Å². The number of nitro benzene ring substituents is 1. The highest BCUT2D eigenvalue weighted by molar-refractivity contribution is 8.05. The Morgan fingerprint density at radius 2 is 1.75 bits per heavy atom. The summed E-state index contributed by atoms with van der Waals surface area (Å²) < 4.78 is 11.4. The van der Waals surface area contributed by atoms with Gasteiger partial charge >= 0.3 is 0 Å². The van der Waals surface area contributed by atoms with Crippen LogP contribution in [0, 0.1) is 16.0 Å². The first-order valence-electron chi connectivity index (χ1n) is 13.5. The summed E-state index contributed by atoms with van der Waals surface area (Å²) in [7, 11) is 1.49. The van der Waals surface area contributed by atoms with Crippen LogP contribution in [0.3, 0.4) is 0 Å². The van der Waals surface area contributed by atoms with Gasteiger partial charge in [0.15, 0.2) is 17.0 Å². The molecule has 8 nitrogen and oxygen atoms in total. The van der Waals surface area contributed by atoms with E-state index in [4.69, 9.17) is 9.47 Å². The number of nitrogens with one attached hydrogen (secondary N) is 1. The fraction of sp³-hybridized carbons (Fsp3) is 0.323. The van der Waals surface area contributed by atoms with Crippen molar-refractivity contribution in [2.24, 2.45) is 5.92 Å². The number of carbonyl (C=O) groups is 1. The Morgan fingerprint density at radius 1 is 1.05 bits per heavy atom. The van der Waals surface area contributed by atoms with E-state index < -0.39 is 4.92 Å². The number of nitrogens with zero attached hydrogens (tertiary/aromatic N) is 2. The summed E-state index contributed by atoms with van der Waals surface area (Å²) >= 11 is 1.39. The van der Waals surface area contributed by atoms with Gasteiger partial charge in [0.25, 0.3) is 11.6 Å². The van der Waals surface area contributed by atoms with Gasteiger partial charge in [-0.2, -0.15) is 0 Å². The van der Waals surface area contributed by atoms with Crippen molar-refractivity contribution in [3.05, 3.63) is 98.9 Å². The molecule has 1 heterocycles. The van der Waals surface area contributed by atoms with E-state index in [0.29, 0.717) is 22.1 Å². The fourth-order valence-corrected chi connectivity index (χ4v) is 6.56. The molecule has 3 aromatic carbocycles. The lowest BCUT2D eigenvalue weighted by Crippen LogP contribution is -2.48. The summed E-state index contributed by atoms with van der Waals surface area (Å²) in [5, 5.41) is 15.6. The van der Waals surface area contributed by atoms with Crippen molar-refractivity contribution in [3.63, 3.8) is 0 Å². The van der Waals surface area contributed by atoms with Crippen molar-refractivity contribution in [3.8, 4) is 11.5 Å². The lowest BCUT2D eigenvalue weighted by atomic mass is 9.85. The Hall–Kier alpha value is -3.98. The van der Waals surface area contributed by atoms with E-state index in [0.717, 1.165) is 36.9 Å². The molecular formula is C31H33N3O5S. The zero-order valence-corrected chi connectivity index (χ0v) is 23.4. The molecule has 1 unspecified atom stereocenters. The number of para-hydroxylation sites is 1. The second-order valence-corrected chi connectivity index (χ2v) is 11.2. The fourth-order valence-electron chi connectivity index (χ4n) is 5.35. The van der Waals surface area contributed by atoms with Crippen LogP contribution in [0.4, 0.5) is 11.4 Å². The summed E-state index contributed by atoms with van der Waals surface area (Å²) in [6.45, 7) is 2.44. The van der Waals surface area contributed by atoms with Gasteiger partial charge in [-0.1, -0.05) is 80.1 Å². The van der Waals surface area contributed by atoms with E-state index in [9.17, 15) is 14.9 Å². The van der Waals surface area contributed by atoms with Crippen LogP contribution in [0.1, 0.15) is 43.7 Å². The van der Waals surface area contributed by atoms with Gasteiger partial charge < -0.3 is 19.7 Å². The van der Waals surface area contributed by atoms with Gasteiger partial charge in [0, 0.05) is 11.7 Å². The maximum atomic E-state index is 13.9. The predicted molar refractivity (Wildman–Crippen MR) is 158 cm³/mol. The number of nitro groups is 1. The number of anilines is 1.